The van der Waals surface area contributed by atoms with Gasteiger partial charge in [-0.25, -0.2) is 0 Å². The Labute approximate surface area is 124 Å². The highest BCUT2D eigenvalue weighted by Crippen LogP contribution is 2.20. The Morgan fingerprint density at radius 3 is 2.00 bits per heavy atom. The molecule has 0 amide bonds. The van der Waals surface area contributed by atoms with E-state index in [9.17, 15) is 4.79 Å². The van der Waals surface area contributed by atoms with Crippen LogP contribution in [0.3, 0.4) is 0 Å². The summed E-state index contributed by atoms with van der Waals surface area (Å²) in [7, 11) is 0. The lowest BCUT2D eigenvalue weighted by Crippen LogP contribution is -2.01. The van der Waals surface area contributed by atoms with E-state index in [4.69, 9.17) is 0 Å². The fraction of sp³-hybridized carbons (Fsp3) is 0.0500. The van der Waals surface area contributed by atoms with Crippen molar-refractivity contribution in [2.75, 3.05) is 0 Å². The summed E-state index contributed by atoms with van der Waals surface area (Å²) < 4.78 is 0. The number of hydrogen-bond donors (Lipinski definition) is 0. The Bertz CT molecular complexity index is 755. The number of carbonyl (C=O) groups is 1. The van der Waals surface area contributed by atoms with E-state index >= 15 is 0 Å². The Kier molecular flexibility index (Phi) is 3.65. The van der Waals surface area contributed by atoms with Crippen LogP contribution in [0.15, 0.2) is 78.9 Å². The quantitative estimate of drug-likeness (QED) is 0.620. The highest BCUT2D eigenvalue weighted by molar-refractivity contribution is 6.09. The maximum atomic E-state index is 12.4. The van der Waals surface area contributed by atoms with Crippen molar-refractivity contribution in [3.05, 3.63) is 95.6 Å². The highest BCUT2D eigenvalue weighted by atomic mass is 16.1. The molecule has 0 aliphatic heterocycles. The topological polar surface area (TPSA) is 17.1 Å². The summed E-state index contributed by atoms with van der Waals surface area (Å²) in [5, 5.41) is 0. The monoisotopic (exact) mass is 272 g/mol. The van der Waals surface area contributed by atoms with E-state index in [-0.39, 0.29) is 5.78 Å². The van der Waals surface area contributed by atoms with Gasteiger partial charge in [-0.05, 0) is 24.1 Å². The second-order valence-corrected chi connectivity index (χ2v) is 5.14. The van der Waals surface area contributed by atoms with Gasteiger partial charge < -0.3 is 0 Å². The van der Waals surface area contributed by atoms with Gasteiger partial charge in [-0.15, -0.1) is 0 Å². The van der Waals surface area contributed by atoms with Crippen LogP contribution in [0.4, 0.5) is 0 Å². The SMILES string of the molecule is Cc1cccc(C(=O)c2ccc(-c3ccccc3)cc2)c1. The molecular formula is C20H16O. The van der Waals surface area contributed by atoms with Gasteiger partial charge >= 0.3 is 0 Å². The molecule has 0 saturated heterocycles. The minimum atomic E-state index is 0.0679. The van der Waals surface area contributed by atoms with Gasteiger partial charge in [0, 0.05) is 11.1 Å². The number of aryl methyl sites for hydroxylation is 1. The fourth-order valence-electron chi connectivity index (χ4n) is 2.40. The van der Waals surface area contributed by atoms with Crippen molar-refractivity contribution in [2.45, 2.75) is 6.92 Å². The normalized spacial score (nSPS) is 10.3. The van der Waals surface area contributed by atoms with E-state index in [2.05, 4.69) is 12.1 Å². The van der Waals surface area contributed by atoms with Gasteiger partial charge in [0.2, 0.25) is 0 Å². The molecule has 0 aliphatic carbocycles. The molecular weight excluding hydrogens is 256 g/mol. The van der Waals surface area contributed by atoms with Crippen LogP contribution in [-0.2, 0) is 0 Å². The van der Waals surface area contributed by atoms with Gasteiger partial charge in [-0.3, -0.25) is 4.79 Å². The summed E-state index contributed by atoms with van der Waals surface area (Å²) in [6, 6.07) is 25.6. The van der Waals surface area contributed by atoms with Gasteiger partial charge in [0.1, 0.15) is 0 Å². The van der Waals surface area contributed by atoms with Crippen LogP contribution in [0.2, 0.25) is 0 Å². The first-order valence-corrected chi connectivity index (χ1v) is 7.01. The molecule has 0 radical (unpaired) electrons. The van der Waals surface area contributed by atoms with Crippen LogP contribution in [-0.4, -0.2) is 5.78 Å². The number of hydrogen-bond acceptors (Lipinski definition) is 1. The molecule has 0 bridgehead atoms. The van der Waals surface area contributed by atoms with Crippen LogP contribution >= 0.6 is 0 Å². The van der Waals surface area contributed by atoms with Gasteiger partial charge in [0.25, 0.3) is 0 Å². The van der Waals surface area contributed by atoms with Crippen LogP contribution in [0, 0.1) is 6.92 Å². The zero-order valence-electron chi connectivity index (χ0n) is 11.9. The van der Waals surface area contributed by atoms with E-state index in [1.165, 1.54) is 0 Å². The standard InChI is InChI=1S/C20H16O/c1-15-6-5-9-19(14-15)20(21)18-12-10-17(11-13-18)16-7-3-2-4-8-16/h2-14H,1H3. The molecule has 0 N–H and O–H groups in total. The summed E-state index contributed by atoms with van der Waals surface area (Å²) in [6.07, 6.45) is 0. The Morgan fingerprint density at radius 2 is 1.33 bits per heavy atom. The molecule has 1 nitrogen and oxygen atoms in total. The lowest BCUT2D eigenvalue weighted by molar-refractivity contribution is 0.103. The predicted octanol–water partition coefficient (Wildman–Crippen LogP) is 4.89. The molecule has 0 aliphatic rings. The highest BCUT2D eigenvalue weighted by Gasteiger charge is 2.09. The third-order valence-corrected chi connectivity index (χ3v) is 3.53. The third kappa shape index (κ3) is 2.92. The molecule has 0 unspecified atom stereocenters. The second-order valence-electron chi connectivity index (χ2n) is 5.14. The van der Waals surface area contributed by atoms with Gasteiger partial charge in [-0.1, -0.05) is 78.4 Å². The van der Waals surface area contributed by atoms with Gasteiger partial charge in [0.05, 0.1) is 0 Å². The first kappa shape index (κ1) is 13.3. The number of benzene rings is 3. The zero-order valence-corrected chi connectivity index (χ0v) is 11.9. The number of rotatable bonds is 3. The Balaban J connectivity index is 1.89. The molecule has 0 atom stereocenters. The molecule has 0 spiro atoms. The lowest BCUT2D eigenvalue weighted by Gasteiger charge is -2.05. The molecule has 1 heteroatoms. The third-order valence-electron chi connectivity index (χ3n) is 3.53. The largest absolute Gasteiger partial charge is 0.289 e. The predicted molar refractivity (Wildman–Crippen MR) is 86.5 cm³/mol. The van der Waals surface area contributed by atoms with Crippen molar-refractivity contribution in [3.63, 3.8) is 0 Å². The molecule has 0 aromatic heterocycles. The summed E-state index contributed by atoms with van der Waals surface area (Å²) in [4.78, 5) is 12.4. The molecule has 0 saturated carbocycles. The molecule has 3 rings (SSSR count). The van der Waals surface area contributed by atoms with E-state index in [1.807, 2.05) is 73.7 Å². The first-order valence-electron chi connectivity index (χ1n) is 7.01. The van der Waals surface area contributed by atoms with Crippen molar-refractivity contribution in [3.8, 4) is 11.1 Å². The smallest absolute Gasteiger partial charge is 0.193 e. The van der Waals surface area contributed by atoms with Crippen LogP contribution < -0.4 is 0 Å². The molecule has 3 aromatic carbocycles. The van der Waals surface area contributed by atoms with Gasteiger partial charge in [-0.2, -0.15) is 0 Å². The number of carbonyl (C=O) groups excluding carboxylic acids is 1. The maximum Gasteiger partial charge on any atom is 0.193 e. The summed E-state index contributed by atoms with van der Waals surface area (Å²) in [6.45, 7) is 2.00. The Hall–Kier alpha value is -2.67. The lowest BCUT2D eigenvalue weighted by atomic mass is 9.99. The van der Waals surface area contributed by atoms with Crippen molar-refractivity contribution >= 4 is 5.78 Å². The van der Waals surface area contributed by atoms with E-state index < -0.39 is 0 Å². The van der Waals surface area contributed by atoms with Gasteiger partial charge in [0.15, 0.2) is 5.78 Å². The van der Waals surface area contributed by atoms with Crippen LogP contribution in [0.1, 0.15) is 21.5 Å². The van der Waals surface area contributed by atoms with E-state index in [1.54, 1.807) is 0 Å². The maximum absolute atomic E-state index is 12.4. The minimum absolute atomic E-state index is 0.0679. The minimum Gasteiger partial charge on any atom is -0.289 e. The summed E-state index contributed by atoms with van der Waals surface area (Å²) in [5.74, 6) is 0.0679. The Morgan fingerprint density at radius 1 is 0.667 bits per heavy atom. The van der Waals surface area contributed by atoms with Crippen molar-refractivity contribution < 1.29 is 4.79 Å². The average Bonchev–Trinajstić information content (AvgIpc) is 2.55. The number of ketones is 1. The molecule has 102 valence electrons. The molecule has 0 fully saturated rings. The molecule has 0 heterocycles. The van der Waals surface area contributed by atoms with Crippen molar-refractivity contribution in [1.82, 2.24) is 0 Å². The summed E-state index contributed by atoms with van der Waals surface area (Å²) in [5.41, 5.74) is 4.84. The zero-order chi connectivity index (χ0) is 14.7. The fourth-order valence-corrected chi connectivity index (χ4v) is 2.40. The molecule has 3 aromatic rings. The average molecular weight is 272 g/mol. The van der Waals surface area contributed by atoms with E-state index in [0.29, 0.717) is 0 Å². The first-order chi connectivity index (χ1) is 10.2. The summed E-state index contributed by atoms with van der Waals surface area (Å²) >= 11 is 0. The van der Waals surface area contributed by atoms with Crippen molar-refractivity contribution in [2.24, 2.45) is 0 Å². The molecule has 21 heavy (non-hydrogen) atoms. The van der Waals surface area contributed by atoms with Crippen LogP contribution in [0.25, 0.3) is 11.1 Å². The van der Waals surface area contributed by atoms with Crippen LogP contribution in [0.5, 0.6) is 0 Å². The van der Waals surface area contributed by atoms with Crippen molar-refractivity contribution in [1.29, 1.82) is 0 Å². The second kappa shape index (κ2) is 5.76. The van der Waals surface area contributed by atoms with E-state index in [0.717, 1.165) is 27.8 Å².